The van der Waals surface area contributed by atoms with Crippen molar-refractivity contribution in [1.29, 1.82) is 0 Å². The van der Waals surface area contributed by atoms with Gasteiger partial charge in [0, 0.05) is 12.8 Å². The SMILES string of the molecule is N[C@@H](Cc1ccc(O)cc1)C(=O)Oc1ccc(C(=O)O)cc1.O=C(O)CCCC(=O)O. The number of aliphatic carboxylic acids is 2. The molecule has 0 bridgehead atoms. The molecular weight excluding hydrogens is 410 g/mol. The van der Waals surface area contributed by atoms with Crippen LogP contribution >= 0.6 is 0 Å². The zero-order valence-electron chi connectivity index (χ0n) is 16.4. The van der Waals surface area contributed by atoms with E-state index in [1.165, 1.54) is 36.4 Å². The maximum Gasteiger partial charge on any atom is 0.335 e. The van der Waals surface area contributed by atoms with Crippen molar-refractivity contribution in [3.8, 4) is 11.5 Å². The fourth-order valence-corrected chi connectivity index (χ4v) is 2.22. The number of ether oxygens (including phenoxy) is 1. The zero-order chi connectivity index (χ0) is 23.4. The van der Waals surface area contributed by atoms with E-state index in [2.05, 4.69) is 0 Å². The number of carboxylic acid groups (broad SMARTS) is 3. The summed E-state index contributed by atoms with van der Waals surface area (Å²) in [5.74, 6) is -3.19. The molecule has 0 aliphatic heterocycles. The summed E-state index contributed by atoms with van der Waals surface area (Å²) in [5, 5.41) is 34.0. The van der Waals surface area contributed by atoms with E-state index in [0.717, 1.165) is 5.56 Å². The molecule has 166 valence electrons. The van der Waals surface area contributed by atoms with Crippen LogP contribution in [0.5, 0.6) is 11.5 Å². The first-order chi connectivity index (χ1) is 14.6. The van der Waals surface area contributed by atoms with Gasteiger partial charge in [-0.15, -0.1) is 0 Å². The molecule has 2 aromatic rings. The van der Waals surface area contributed by atoms with Crippen LogP contribution in [0.4, 0.5) is 0 Å². The summed E-state index contributed by atoms with van der Waals surface area (Å²) in [5.41, 5.74) is 6.68. The summed E-state index contributed by atoms with van der Waals surface area (Å²) in [6.45, 7) is 0. The quantitative estimate of drug-likeness (QED) is 0.289. The highest BCUT2D eigenvalue weighted by molar-refractivity contribution is 5.87. The van der Waals surface area contributed by atoms with E-state index in [1.807, 2.05) is 0 Å². The fraction of sp³-hybridized carbons (Fsp3) is 0.238. The Morgan fingerprint density at radius 3 is 1.81 bits per heavy atom. The molecule has 10 heteroatoms. The highest BCUT2D eigenvalue weighted by Gasteiger charge is 2.17. The lowest BCUT2D eigenvalue weighted by atomic mass is 10.1. The van der Waals surface area contributed by atoms with Gasteiger partial charge in [-0.25, -0.2) is 9.59 Å². The summed E-state index contributed by atoms with van der Waals surface area (Å²) in [7, 11) is 0. The molecule has 0 radical (unpaired) electrons. The van der Waals surface area contributed by atoms with Gasteiger partial charge < -0.3 is 30.9 Å². The minimum absolute atomic E-state index is 0.0632. The number of carbonyl (C=O) groups is 4. The monoisotopic (exact) mass is 433 g/mol. The number of hydrogen-bond acceptors (Lipinski definition) is 7. The van der Waals surface area contributed by atoms with Gasteiger partial charge in [-0.2, -0.15) is 0 Å². The van der Waals surface area contributed by atoms with Crippen molar-refractivity contribution < 1.29 is 44.3 Å². The second kappa shape index (κ2) is 12.6. The number of phenols is 1. The smallest absolute Gasteiger partial charge is 0.335 e. The topological polar surface area (TPSA) is 184 Å². The standard InChI is InChI=1S/C16H15NO5.C5H8O4/c17-14(9-10-1-5-12(18)6-2-10)16(21)22-13-7-3-11(4-8-13)15(19)20;6-4(7)2-1-3-5(8)9/h1-8,14,18H,9,17H2,(H,19,20);1-3H2,(H,6,7)(H,8,9)/t14-;/m0./s1. The molecule has 2 aromatic carbocycles. The molecule has 2 rings (SSSR count). The van der Waals surface area contributed by atoms with E-state index < -0.39 is 29.9 Å². The number of carbonyl (C=O) groups excluding carboxylic acids is 1. The third-order valence-electron chi connectivity index (χ3n) is 3.80. The molecule has 0 amide bonds. The molecule has 0 saturated heterocycles. The molecule has 0 aliphatic rings. The third kappa shape index (κ3) is 10.4. The van der Waals surface area contributed by atoms with E-state index in [1.54, 1.807) is 12.1 Å². The number of phenolic OH excluding ortho intramolecular Hbond substituents is 1. The van der Waals surface area contributed by atoms with Crippen LogP contribution in [0.3, 0.4) is 0 Å². The number of aromatic carboxylic acids is 1. The molecular formula is C21H23NO9. The van der Waals surface area contributed by atoms with Gasteiger partial charge in [-0.05, 0) is 54.8 Å². The molecule has 1 atom stereocenters. The largest absolute Gasteiger partial charge is 0.508 e. The third-order valence-corrected chi connectivity index (χ3v) is 3.80. The van der Waals surface area contributed by atoms with Gasteiger partial charge in [0.25, 0.3) is 0 Å². The van der Waals surface area contributed by atoms with E-state index >= 15 is 0 Å². The number of rotatable bonds is 9. The molecule has 31 heavy (non-hydrogen) atoms. The Morgan fingerprint density at radius 2 is 1.35 bits per heavy atom. The van der Waals surface area contributed by atoms with Crippen LogP contribution in [0.1, 0.15) is 35.2 Å². The van der Waals surface area contributed by atoms with Crippen LogP contribution in [-0.4, -0.2) is 50.3 Å². The Labute approximate surface area is 177 Å². The average Bonchev–Trinajstić information content (AvgIpc) is 2.70. The Bertz CT molecular complexity index is 878. The maximum absolute atomic E-state index is 11.9. The number of benzene rings is 2. The average molecular weight is 433 g/mol. The van der Waals surface area contributed by atoms with Gasteiger partial charge >= 0.3 is 23.9 Å². The summed E-state index contributed by atoms with van der Waals surface area (Å²) in [6, 6.07) is 11.0. The number of hydrogen-bond donors (Lipinski definition) is 5. The Hall–Kier alpha value is -3.92. The van der Waals surface area contributed by atoms with Crippen molar-refractivity contribution in [2.75, 3.05) is 0 Å². The summed E-state index contributed by atoms with van der Waals surface area (Å²) in [4.78, 5) is 42.2. The summed E-state index contributed by atoms with van der Waals surface area (Å²) >= 11 is 0. The predicted molar refractivity (Wildman–Crippen MR) is 108 cm³/mol. The van der Waals surface area contributed by atoms with Crippen LogP contribution < -0.4 is 10.5 Å². The van der Waals surface area contributed by atoms with Crippen molar-refractivity contribution in [2.24, 2.45) is 5.73 Å². The van der Waals surface area contributed by atoms with Crippen molar-refractivity contribution in [2.45, 2.75) is 31.7 Å². The maximum atomic E-state index is 11.9. The molecule has 0 saturated carbocycles. The second-order valence-corrected chi connectivity index (χ2v) is 6.37. The Balaban J connectivity index is 0.000000452. The van der Waals surface area contributed by atoms with Crippen LogP contribution in [0.25, 0.3) is 0 Å². The number of nitrogens with two attached hydrogens (primary N) is 1. The van der Waals surface area contributed by atoms with Crippen molar-refractivity contribution >= 4 is 23.9 Å². The van der Waals surface area contributed by atoms with Gasteiger partial charge in [-0.1, -0.05) is 12.1 Å². The van der Waals surface area contributed by atoms with Crippen LogP contribution in [-0.2, 0) is 20.8 Å². The van der Waals surface area contributed by atoms with E-state index in [0.29, 0.717) is 0 Å². The minimum Gasteiger partial charge on any atom is -0.508 e. The normalized spacial score (nSPS) is 10.9. The highest BCUT2D eigenvalue weighted by Crippen LogP contribution is 2.14. The lowest BCUT2D eigenvalue weighted by Gasteiger charge is -2.11. The van der Waals surface area contributed by atoms with Crippen molar-refractivity contribution in [1.82, 2.24) is 0 Å². The van der Waals surface area contributed by atoms with Gasteiger partial charge in [-0.3, -0.25) is 9.59 Å². The molecule has 0 aliphatic carbocycles. The van der Waals surface area contributed by atoms with Gasteiger partial charge in [0.15, 0.2) is 0 Å². The summed E-state index contributed by atoms with van der Waals surface area (Å²) < 4.78 is 5.10. The van der Waals surface area contributed by atoms with Gasteiger partial charge in [0.2, 0.25) is 0 Å². The second-order valence-electron chi connectivity index (χ2n) is 6.37. The zero-order valence-corrected chi connectivity index (χ0v) is 16.4. The van der Waals surface area contributed by atoms with Crippen molar-refractivity contribution in [3.63, 3.8) is 0 Å². The number of aromatic hydroxyl groups is 1. The Morgan fingerprint density at radius 1 is 0.839 bits per heavy atom. The lowest BCUT2D eigenvalue weighted by Crippen LogP contribution is -2.36. The first kappa shape index (κ1) is 25.1. The molecule has 10 nitrogen and oxygen atoms in total. The summed E-state index contributed by atoms with van der Waals surface area (Å²) in [6.07, 6.45) is 0.357. The van der Waals surface area contributed by atoms with Crippen LogP contribution in [0.2, 0.25) is 0 Å². The molecule has 0 spiro atoms. The predicted octanol–water partition coefficient (Wildman–Crippen LogP) is 1.89. The molecule has 0 fully saturated rings. The fourth-order valence-electron chi connectivity index (χ4n) is 2.22. The Kier molecular flexibility index (Phi) is 10.2. The molecule has 0 unspecified atom stereocenters. The molecule has 0 heterocycles. The minimum atomic E-state index is -1.05. The van der Waals surface area contributed by atoms with Crippen LogP contribution in [0, 0.1) is 0 Å². The van der Waals surface area contributed by atoms with Gasteiger partial charge in [0.05, 0.1) is 5.56 Å². The first-order valence-electron chi connectivity index (χ1n) is 9.10. The van der Waals surface area contributed by atoms with Crippen LogP contribution in [0.15, 0.2) is 48.5 Å². The number of carboxylic acids is 3. The van der Waals surface area contributed by atoms with Crippen molar-refractivity contribution in [3.05, 3.63) is 59.7 Å². The number of esters is 1. The van der Waals surface area contributed by atoms with Gasteiger partial charge in [0.1, 0.15) is 17.5 Å². The van der Waals surface area contributed by atoms with E-state index in [4.69, 9.17) is 25.8 Å². The van der Waals surface area contributed by atoms with E-state index in [-0.39, 0.29) is 42.7 Å². The molecule has 6 N–H and O–H groups in total. The van der Waals surface area contributed by atoms with E-state index in [9.17, 15) is 24.3 Å². The molecule has 0 aromatic heterocycles. The highest BCUT2D eigenvalue weighted by atomic mass is 16.5. The lowest BCUT2D eigenvalue weighted by molar-refractivity contribution is -0.139. The first-order valence-corrected chi connectivity index (χ1v) is 9.10.